The average Bonchev–Trinajstić information content (AvgIpc) is 2.34. The Morgan fingerprint density at radius 2 is 1.47 bits per heavy atom. The molecule has 0 aromatic heterocycles. The normalized spacial score (nSPS) is 13.1. The first-order valence-corrected chi connectivity index (χ1v) is 7.87. The molecule has 1 N–H and O–H groups in total. The van der Waals surface area contributed by atoms with E-state index in [9.17, 15) is 4.79 Å². The summed E-state index contributed by atoms with van der Waals surface area (Å²) in [4.78, 5) is 14.3. The highest BCUT2D eigenvalue weighted by molar-refractivity contribution is 5.78. The van der Waals surface area contributed by atoms with Crippen molar-refractivity contribution in [3.05, 3.63) is 0 Å². The largest absolute Gasteiger partial charge is 0.342 e. The molecule has 3 heteroatoms. The first kappa shape index (κ1) is 18.4. The summed E-state index contributed by atoms with van der Waals surface area (Å²) in [6, 6.07) is 0.418. The Morgan fingerprint density at radius 3 is 1.84 bits per heavy atom. The van der Waals surface area contributed by atoms with Crippen LogP contribution in [0, 0.1) is 11.8 Å². The first-order chi connectivity index (χ1) is 8.86. The fourth-order valence-corrected chi connectivity index (χ4v) is 1.71. The molecule has 0 aliphatic rings. The van der Waals surface area contributed by atoms with E-state index in [2.05, 4.69) is 46.9 Å². The molecule has 114 valence electrons. The summed E-state index contributed by atoms with van der Waals surface area (Å²) < 4.78 is 0. The van der Waals surface area contributed by atoms with Crippen molar-refractivity contribution < 1.29 is 4.79 Å². The lowest BCUT2D eigenvalue weighted by Crippen LogP contribution is -2.42. The van der Waals surface area contributed by atoms with E-state index in [1.165, 1.54) is 0 Å². The van der Waals surface area contributed by atoms with Crippen molar-refractivity contribution in [2.24, 2.45) is 11.8 Å². The Morgan fingerprint density at radius 1 is 1.00 bits per heavy atom. The third-order valence-corrected chi connectivity index (χ3v) is 3.52. The summed E-state index contributed by atoms with van der Waals surface area (Å²) in [6.45, 7) is 15.4. The van der Waals surface area contributed by atoms with Gasteiger partial charge in [-0.2, -0.15) is 0 Å². The minimum atomic E-state index is 0.251. The van der Waals surface area contributed by atoms with E-state index >= 15 is 0 Å². The van der Waals surface area contributed by atoms with Crippen molar-refractivity contribution in [2.45, 2.75) is 66.8 Å². The molecule has 0 aliphatic carbocycles. The summed E-state index contributed by atoms with van der Waals surface area (Å²) in [7, 11) is 0. The second-order valence-corrected chi connectivity index (χ2v) is 6.44. The molecule has 1 amide bonds. The van der Waals surface area contributed by atoms with Crippen LogP contribution in [0.2, 0.25) is 0 Å². The van der Waals surface area contributed by atoms with Crippen LogP contribution in [0.15, 0.2) is 0 Å². The van der Waals surface area contributed by atoms with Crippen LogP contribution < -0.4 is 5.32 Å². The number of hydrogen-bond donors (Lipinski definition) is 1. The lowest BCUT2D eigenvalue weighted by atomic mass is 10.1. The van der Waals surface area contributed by atoms with E-state index < -0.39 is 0 Å². The Kier molecular flexibility index (Phi) is 9.94. The molecule has 0 heterocycles. The first-order valence-electron chi connectivity index (χ1n) is 7.87. The fourth-order valence-electron chi connectivity index (χ4n) is 1.71. The maximum absolute atomic E-state index is 12.3. The van der Waals surface area contributed by atoms with Gasteiger partial charge in [0, 0.05) is 19.1 Å². The van der Waals surface area contributed by atoms with Crippen molar-refractivity contribution in [3.63, 3.8) is 0 Å². The van der Waals surface area contributed by atoms with Gasteiger partial charge in [0.25, 0.3) is 0 Å². The molecule has 0 saturated carbocycles. The van der Waals surface area contributed by atoms with Crippen LogP contribution in [0.1, 0.15) is 60.8 Å². The number of rotatable bonds is 10. The third-order valence-electron chi connectivity index (χ3n) is 3.52. The summed E-state index contributed by atoms with van der Waals surface area (Å²) in [5, 5.41) is 3.30. The van der Waals surface area contributed by atoms with Gasteiger partial charge in [-0.15, -0.1) is 0 Å². The van der Waals surface area contributed by atoms with Crippen LogP contribution in [0.5, 0.6) is 0 Å². The van der Waals surface area contributed by atoms with Gasteiger partial charge in [0.1, 0.15) is 0 Å². The van der Waals surface area contributed by atoms with E-state index in [4.69, 9.17) is 0 Å². The highest BCUT2D eigenvalue weighted by Crippen LogP contribution is 2.07. The number of nitrogens with one attached hydrogen (secondary N) is 1. The molecular weight excluding hydrogens is 236 g/mol. The van der Waals surface area contributed by atoms with Gasteiger partial charge in [-0.25, -0.2) is 0 Å². The Labute approximate surface area is 120 Å². The van der Waals surface area contributed by atoms with E-state index in [0.29, 0.717) is 24.4 Å². The smallest absolute Gasteiger partial charge is 0.236 e. The molecule has 0 saturated heterocycles. The molecule has 0 fully saturated rings. The van der Waals surface area contributed by atoms with Gasteiger partial charge in [-0.05, 0) is 38.0 Å². The summed E-state index contributed by atoms with van der Waals surface area (Å²) in [6.07, 6.45) is 3.24. The number of amides is 1. The number of carbonyl (C=O) groups excluding carboxylic acids is 1. The highest BCUT2D eigenvalue weighted by atomic mass is 16.2. The van der Waals surface area contributed by atoms with Gasteiger partial charge in [-0.3, -0.25) is 4.79 Å². The molecule has 0 radical (unpaired) electrons. The quantitative estimate of drug-likeness (QED) is 0.660. The molecule has 1 atom stereocenters. The second-order valence-electron chi connectivity index (χ2n) is 6.44. The molecule has 0 aromatic rings. The zero-order chi connectivity index (χ0) is 14.8. The van der Waals surface area contributed by atoms with Gasteiger partial charge in [0.05, 0.1) is 6.54 Å². The molecular formula is C16H34N2O. The van der Waals surface area contributed by atoms with Crippen molar-refractivity contribution in [2.75, 3.05) is 19.6 Å². The Bertz CT molecular complexity index is 227. The Hall–Kier alpha value is -0.570. The number of hydrogen-bond acceptors (Lipinski definition) is 2. The van der Waals surface area contributed by atoms with Crippen LogP contribution in [0.3, 0.4) is 0 Å². The van der Waals surface area contributed by atoms with Crippen LogP contribution in [0.4, 0.5) is 0 Å². The summed E-state index contributed by atoms with van der Waals surface area (Å²) in [5.41, 5.74) is 0. The molecule has 1 unspecified atom stereocenters. The molecule has 0 aromatic carbocycles. The van der Waals surface area contributed by atoms with Crippen molar-refractivity contribution in [1.29, 1.82) is 0 Å². The molecule has 0 aliphatic heterocycles. The Balaban J connectivity index is 4.23. The van der Waals surface area contributed by atoms with Crippen molar-refractivity contribution in [3.8, 4) is 0 Å². The predicted molar refractivity (Wildman–Crippen MR) is 83.2 cm³/mol. The predicted octanol–water partition coefficient (Wildman–Crippen LogP) is 3.30. The molecule has 0 bridgehead atoms. The lowest BCUT2D eigenvalue weighted by molar-refractivity contribution is -0.130. The SMILES string of the molecule is CCC(C)NCC(=O)N(CCC(C)C)CCC(C)C. The van der Waals surface area contributed by atoms with Crippen LogP contribution in [-0.4, -0.2) is 36.5 Å². The van der Waals surface area contributed by atoms with Crippen LogP contribution in [0.25, 0.3) is 0 Å². The zero-order valence-corrected chi connectivity index (χ0v) is 13.8. The van der Waals surface area contributed by atoms with Crippen LogP contribution >= 0.6 is 0 Å². The van der Waals surface area contributed by atoms with Gasteiger partial charge in [-0.1, -0.05) is 34.6 Å². The standard InChI is InChI=1S/C16H34N2O/c1-7-15(6)17-12-16(19)18(10-8-13(2)3)11-9-14(4)5/h13-15,17H,7-12H2,1-6H3. The highest BCUT2D eigenvalue weighted by Gasteiger charge is 2.14. The molecule has 0 spiro atoms. The van der Waals surface area contributed by atoms with Gasteiger partial charge in [0.2, 0.25) is 5.91 Å². The van der Waals surface area contributed by atoms with E-state index in [1.54, 1.807) is 0 Å². The van der Waals surface area contributed by atoms with Crippen molar-refractivity contribution in [1.82, 2.24) is 10.2 Å². The number of nitrogens with zero attached hydrogens (tertiary/aromatic N) is 1. The molecule has 0 rings (SSSR count). The minimum absolute atomic E-state index is 0.251. The maximum atomic E-state index is 12.3. The fraction of sp³-hybridized carbons (Fsp3) is 0.938. The average molecular weight is 270 g/mol. The topological polar surface area (TPSA) is 32.3 Å². The van der Waals surface area contributed by atoms with Crippen molar-refractivity contribution >= 4 is 5.91 Å². The summed E-state index contributed by atoms with van der Waals surface area (Å²) >= 11 is 0. The minimum Gasteiger partial charge on any atom is -0.342 e. The zero-order valence-electron chi connectivity index (χ0n) is 13.8. The number of carbonyl (C=O) groups is 1. The third kappa shape index (κ3) is 9.94. The van der Waals surface area contributed by atoms with Gasteiger partial charge >= 0.3 is 0 Å². The monoisotopic (exact) mass is 270 g/mol. The van der Waals surface area contributed by atoms with E-state index in [1.807, 2.05) is 4.90 Å². The maximum Gasteiger partial charge on any atom is 0.236 e. The second kappa shape index (κ2) is 10.2. The summed E-state index contributed by atoms with van der Waals surface area (Å²) in [5.74, 6) is 1.55. The molecule has 3 nitrogen and oxygen atoms in total. The van der Waals surface area contributed by atoms with Gasteiger partial charge < -0.3 is 10.2 Å². The van der Waals surface area contributed by atoms with Crippen LogP contribution in [-0.2, 0) is 4.79 Å². The van der Waals surface area contributed by atoms with E-state index in [0.717, 1.165) is 32.4 Å². The lowest BCUT2D eigenvalue weighted by Gasteiger charge is -2.25. The molecule has 19 heavy (non-hydrogen) atoms. The van der Waals surface area contributed by atoms with E-state index in [-0.39, 0.29) is 5.91 Å². The van der Waals surface area contributed by atoms with Gasteiger partial charge in [0.15, 0.2) is 0 Å².